The van der Waals surface area contributed by atoms with Crippen LogP contribution in [0.5, 0.6) is 0 Å². The highest BCUT2D eigenvalue weighted by molar-refractivity contribution is 5.92. The van der Waals surface area contributed by atoms with Crippen molar-refractivity contribution in [3.8, 4) is 0 Å². The highest BCUT2D eigenvalue weighted by Gasteiger charge is 2.22. The topological polar surface area (TPSA) is 121 Å². The SMILES string of the molecule is COCCCN(CC(=O)N(CCc1c[nH]c2ccccc12)Cc1ccc(C)cc1)C(=O)Nc1ccc([N+](=O)[O-])cc1. The number of anilines is 1. The summed E-state index contributed by atoms with van der Waals surface area (Å²) in [5.41, 5.74) is 4.64. The van der Waals surface area contributed by atoms with E-state index in [1.165, 1.54) is 29.2 Å². The van der Waals surface area contributed by atoms with Gasteiger partial charge in [0.1, 0.15) is 6.54 Å². The molecule has 1 heterocycles. The van der Waals surface area contributed by atoms with Crippen LogP contribution in [0.3, 0.4) is 0 Å². The van der Waals surface area contributed by atoms with Gasteiger partial charge in [-0.15, -0.1) is 0 Å². The van der Waals surface area contributed by atoms with Gasteiger partial charge in [-0.1, -0.05) is 48.0 Å². The molecule has 0 unspecified atom stereocenters. The summed E-state index contributed by atoms with van der Waals surface area (Å²) in [4.78, 5) is 44.0. The van der Waals surface area contributed by atoms with Crippen molar-refractivity contribution in [3.63, 3.8) is 0 Å². The Hall–Kier alpha value is -4.70. The number of carbonyl (C=O) groups is 2. The molecule has 0 aliphatic heterocycles. The van der Waals surface area contributed by atoms with E-state index in [0.29, 0.717) is 44.8 Å². The van der Waals surface area contributed by atoms with Crippen LogP contribution in [0.4, 0.5) is 16.2 Å². The van der Waals surface area contributed by atoms with E-state index in [0.717, 1.165) is 27.6 Å². The summed E-state index contributed by atoms with van der Waals surface area (Å²) in [5.74, 6) is -0.179. The highest BCUT2D eigenvalue weighted by atomic mass is 16.6. The molecular weight excluding hydrogens is 522 g/mol. The number of nitrogens with one attached hydrogen (secondary N) is 2. The molecule has 0 fully saturated rings. The standard InChI is InChI=1S/C31H35N5O5/c1-23-8-10-24(11-9-23)21-34(18-16-25-20-32-29-7-4-3-6-28(25)29)30(37)22-35(17-5-19-41-2)31(38)33-26-12-14-27(15-13-26)36(39)40/h3-4,6-15,20,32H,5,16-19,21-22H2,1-2H3,(H,33,38). The van der Waals surface area contributed by atoms with Gasteiger partial charge in [0, 0.05) is 68.3 Å². The van der Waals surface area contributed by atoms with Crippen LogP contribution in [0.1, 0.15) is 23.1 Å². The molecule has 1 aromatic heterocycles. The van der Waals surface area contributed by atoms with Gasteiger partial charge >= 0.3 is 6.03 Å². The van der Waals surface area contributed by atoms with Crippen molar-refractivity contribution < 1.29 is 19.2 Å². The van der Waals surface area contributed by atoms with E-state index in [1.54, 1.807) is 12.0 Å². The summed E-state index contributed by atoms with van der Waals surface area (Å²) in [6, 6.07) is 21.3. The van der Waals surface area contributed by atoms with Crippen molar-refractivity contribution in [3.05, 3.63) is 106 Å². The van der Waals surface area contributed by atoms with Crippen LogP contribution in [0, 0.1) is 17.0 Å². The predicted octanol–water partition coefficient (Wildman–Crippen LogP) is 5.53. The number of nitrogens with zero attached hydrogens (tertiary/aromatic N) is 3. The van der Waals surface area contributed by atoms with Crippen molar-refractivity contribution in [2.75, 3.05) is 38.7 Å². The smallest absolute Gasteiger partial charge is 0.322 e. The number of nitro groups is 1. The normalized spacial score (nSPS) is 10.9. The first-order chi connectivity index (χ1) is 19.8. The monoisotopic (exact) mass is 557 g/mol. The number of aryl methyl sites for hydroxylation is 1. The molecule has 41 heavy (non-hydrogen) atoms. The summed E-state index contributed by atoms with van der Waals surface area (Å²) >= 11 is 0. The van der Waals surface area contributed by atoms with Gasteiger partial charge in [0.2, 0.25) is 5.91 Å². The fourth-order valence-electron chi connectivity index (χ4n) is 4.58. The van der Waals surface area contributed by atoms with Gasteiger partial charge in [-0.2, -0.15) is 0 Å². The van der Waals surface area contributed by atoms with Crippen molar-refractivity contribution in [1.29, 1.82) is 0 Å². The Labute approximate surface area is 239 Å². The quantitative estimate of drug-likeness (QED) is 0.127. The molecule has 4 rings (SSSR count). The maximum absolute atomic E-state index is 13.7. The number of para-hydroxylation sites is 1. The molecule has 0 bridgehead atoms. The van der Waals surface area contributed by atoms with Crippen molar-refractivity contribution in [1.82, 2.24) is 14.8 Å². The maximum Gasteiger partial charge on any atom is 0.322 e. The lowest BCUT2D eigenvalue weighted by molar-refractivity contribution is -0.384. The van der Waals surface area contributed by atoms with Crippen molar-refractivity contribution in [2.45, 2.75) is 26.3 Å². The van der Waals surface area contributed by atoms with Gasteiger partial charge in [-0.3, -0.25) is 14.9 Å². The number of hydrogen-bond acceptors (Lipinski definition) is 5. The first-order valence-electron chi connectivity index (χ1n) is 13.5. The number of urea groups is 1. The predicted molar refractivity (Wildman–Crippen MR) is 159 cm³/mol. The van der Waals surface area contributed by atoms with Gasteiger partial charge in [-0.05, 0) is 49.1 Å². The van der Waals surface area contributed by atoms with Crippen molar-refractivity contribution >= 4 is 34.2 Å². The number of aromatic nitrogens is 1. The van der Waals surface area contributed by atoms with Crippen LogP contribution in [-0.4, -0.2) is 65.0 Å². The van der Waals surface area contributed by atoms with Crippen LogP contribution in [0.15, 0.2) is 79.0 Å². The third kappa shape index (κ3) is 8.15. The summed E-state index contributed by atoms with van der Waals surface area (Å²) in [7, 11) is 1.58. The van der Waals surface area contributed by atoms with E-state index in [4.69, 9.17) is 4.74 Å². The first-order valence-corrected chi connectivity index (χ1v) is 13.5. The zero-order valence-electron chi connectivity index (χ0n) is 23.3. The van der Waals surface area contributed by atoms with Gasteiger partial charge in [0.15, 0.2) is 0 Å². The molecule has 0 saturated heterocycles. The minimum Gasteiger partial charge on any atom is -0.385 e. The Bertz CT molecular complexity index is 1470. The van der Waals surface area contributed by atoms with Gasteiger partial charge in [0.05, 0.1) is 4.92 Å². The second kappa shape index (κ2) is 14.1. The fourth-order valence-corrected chi connectivity index (χ4v) is 4.58. The number of amides is 3. The molecule has 3 aromatic carbocycles. The summed E-state index contributed by atoms with van der Waals surface area (Å²) in [6.45, 7) is 3.53. The molecular formula is C31H35N5O5. The first kappa shape index (κ1) is 29.3. The lowest BCUT2D eigenvalue weighted by Gasteiger charge is -2.28. The number of carbonyl (C=O) groups excluding carboxylic acids is 2. The third-order valence-electron chi connectivity index (χ3n) is 6.89. The largest absolute Gasteiger partial charge is 0.385 e. The maximum atomic E-state index is 13.7. The number of nitro benzene ring substituents is 1. The number of hydrogen-bond donors (Lipinski definition) is 2. The second-order valence-electron chi connectivity index (χ2n) is 9.91. The van der Waals surface area contributed by atoms with E-state index in [9.17, 15) is 19.7 Å². The number of non-ortho nitro benzene ring substituents is 1. The van der Waals surface area contributed by atoms with E-state index in [2.05, 4.69) is 16.4 Å². The van der Waals surface area contributed by atoms with Gasteiger partial charge in [0.25, 0.3) is 5.69 Å². The molecule has 10 heteroatoms. The second-order valence-corrected chi connectivity index (χ2v) is 9.91. The lowest BCUT2D eigenvalue weighted by atomic mass is 10.1. The lowest BCUT2D eigenvalue weighted by Crippen LogP contribution is -2.45. The summed E-state index contributed by atoms with van der Waals surface area (Å²) in [6.07, 6.45) is 3.18. The summed E-state index contributed by atoms with van der Waals surface area (Å²) < 4.78 is 5.16. The molecule has 0 aliphatic rings. The molecule has 10 nitrogen and oxygen atoms in total. The molecule has 214 valence electrons. The Balaban J connectivity index is 1.50. The van der Waals surface area contributed by atoms with E-state index in [1.807, 2.05) is 55.6 Å². The van der Waals surface area contributed by atoms with E-state index >= 15 is 0 Å². The molecule has 0 radical (unpaired) electrons. The molecule has 0 atom stereocenters. The zero-order valence-corrected chi connectivity index (χ0v) is 23.3. The Morgan fingerprint density at radius 1 is 0.976 bits per heavy atom. The van der Waals surface area contributed by atoms with Crippen LogP contribution < -0.4 is 5.32 Å². The summed E-state index contributed by atoms with van der Waals surface area (Å²) in [5, 5.41) is 14.9. The highest BCUT2D eigenvalue weighted by Crippen LogP contribution is 2.20. The number of benzene rings is 3. The van der Waals surface area contributed by atoms with E-state index in [-0.39, 0.29) is 18.1 Å². The van der Waals surface area contributed by atoms with Gasteiger partial charge in [-0.25, -0.2) is 4.79 Å². The number of fused-ring (bicyclic) bond motifs is 1. The average Bonchev–Trinajstić information content (AvgIpc) is 3.39. The number of aromatic amines is 1. The van der Waals surface area contributed by atoms with E-state index < -0.39 is 11.0 Å². The zero-order chi connectivity index (χ0) is 29.2. The molecule has 4 aromatic rings. The third-order valence-corrected chi connectivity index (χ3v) is 6.89. The molecule has 3 amide bonds. The fraction of sp³-hybridized carbons (Fsp3) is 0.290. The number of H-pyrrole nitrogens is 1. The molecule has 2 N–H and O–H groups in total. The van der Waals surface area contributed by atoms with Gasteiger partial charge < -0.3 is 24.8 Å². The number of ether oxygens (including phenoxy) is 1. The Kier molecular flexibility index (Phi) is 10.1. The number of rotatable bonds is 13. The average molecular weight is 558 g/mol. The Morgan fingerprint density at radius 2 is 1.71 bits per heavy atom. The molecule has 0 aliphatic carbocycles. The van der Waals surface area contributed by atoms with Crippen LogP contribution in [0.25, 0.3) is 10.9 Å². The minimum absolute atomic E-state index is 0.0722. The molecule has 0 saturated carbocycles. The van der Waals surface area contributed by atoms with Crippen molar-refractivity contribution in [2.24, 2.45) is 0 Å². The van der Waals surface area contributed by atoms with Crippen LogP contribution in [0.2, 0.25) is 0 Å². The molecule has 0 spiro atoms. The minimum atomic E-state index is -0.500. The van der Waals surface area contributed by atoms with Crippen LogP contribution >= 0.6 is 0 Å². The number of methoxy groups -OCH3 is 1. The Morgan fingerprint density at radius 3 is 2.41 bits per heavy atom. The van der Waals surface area contributed by atoms with Crippen LogP contribution in [-0.2, 0) is 22.5 Å².